The normalized spacial score (nSPS) is 12.0. The summed E-state index contributed by atoms with van der Waals surface area (Å²) < 4.78 is 35.0. The fourth-order valence-corrected chi connectivity index (χ4v) is 3.12. The third-order valence-corrected chi connectivity index (χ3v) is 4.89. The van der Waals surface area contributed by atoms with Gasteiger partial charge < -0.3 is 23.7 Å². The molecule has 3 rings (SSSR count). The molecule has 0 amide bonds. The van der Waals surface area contributed by atoms with Gasteiger partial charge in [-0.05, 0) is 18.2 Å². The first-order valence-electron chi connectivity index (χ1n) is 8.78. The van der Waals surface area contributed by atoms with E-state index in [1.165, 1.54) is 17.8 Å². The van der Waals surface area contributed by atoms with Crippen molar-refractivity contribution in [2.24, 2.45) is 0 Å². The molecule has 9 heteroatoms. The minimum atomic E-state index is -0.765. The maximum Gasteiger partial charge on any atom is 0.276 e. The Balaban J connectivity index is 1.51. The zero-order valence-corrected chi connectivity index (χ0v) is 16.8. The van der Waals surface area contributed by atoms with E-state index in [1.54, 1.807) is 50.6 Å². The maximum absolute atomic E-state index is 13.5. The van der Waals surface area contributed by atoms with Crippen molar-refractivity contribution in [2.45, 2.75) is 17.9 Å². The zero-order valence-electron chi connectivity index (χ0n) is 16.0. The van der Waals surface area contributed by atoms with Crippen LogP contribution in [0.5, 0.6) is 11.5 Å². The van der Waals surface area contributed by atoms with Crippen LogP contribution in [-0.2, 0) is 11.3 Å². The summed E-state index contributed by atoms with van der Waals surface area (Å²) in [5, 5.41) is 18.4. The molecular weight excluding hydrogens is 399 g/mol. The third kappa shape index (κ3) is 5.93. The lowest BCUT2D eigenvalue weighted by molar-refractivity contribution is 0.0386. The lowest BCUT2D eigenvalue weighted by Crippen LogP contribution is -2.18. The van der Waals surface area contributed by atoms with Crippen LogP contribution in [0, 0.1) is 5.82 Å². The summed E-state index contributed by atoms with van der Waals surface area (Å²) in [4.78, 5) is 0. The number of aliphatic hydroxyl groups excluding tert-OH is 1. The predicted molar refractivity (Wildman–Crippen MR) is 106 cm³/mol. The highest BCUT2D eigenvalue weighted by Crippen LogP contribution is 2.30. The average Bonchev–Trinajstić information content (AvgIpc) is 3.22. The Hall–Kier alpha value is -2.62. The molecule has 1 N–H and O–H groups in total. The van der Waals surface area contributed by atoms with E-state index in [0.29, 0.717) is 39.5 Å². The molecule has 1 atom stereocenters. The largest absolute Gasteiger partial charge is 0.497 e. The van der Waals surface area contributed by atoms with Gasteiger partial charge in [-0.1, -0.05) is 30.0 Å². The fraction of sp³-hybridized carbons (Fsp3) is 0.300. The van der Waals surface area contributed by atoms with E-state index in [1.807, 2.05) is 0 Å². The summed E-state index contributed by atoms with van der Waals surface area (Å²) in [6.45, 7) is 0.159. The summed E-state index contributed by atoms with van der Waals surface area (Å²) >= 11 is 1.21. The number of aromatic nitrogens is 2. The number of hydrogen-bond donors (Lipinski definition) is 1. The van der Waals surface area contributed by atoms with Crippen LogP contribution in [-0.4, -0.2) is 48.0 Å². The Morgan fingerprint density at radius 3 is 2.52 bits per heavy atom. The van der Waals surface area contributed by atoms with Gasteiger partial charge in [0.25, 0.3) is 5.22 Å². The highest BCUT2D eigenvalue weighted by Gasteiger charge is 2.14. The summed E-state index contributed by atoms with van der Waals surface area (Å²) in [5.74, 6) is 1.49. The quantitative estimate of drug-likeness (QED) is 0.498. The van der Waals surface area contributed by atoms with E-state index >= 15 is 0 Å². The van der Waals surface area contributed by atoms with E-state index in [2.05, 4.69) is 10.2 Å². The molecule has 0 spiro atoms. The minimum absolute atomic E-state index is 0.0649. The number of methoxy groups -OCH3 is 2. The van der Waals surface area contributed by atoms with Gasteiger partial charge in [-0.2, -0.15) is 0 Å². The summed E-state index contributed by atoms with van der Waals surface area (Å²) in [6.07, 6.45) is -0.765. The van der Waals surface area contributed by atoms with Gasteiger partial charge >= 0.3 is 0 Å². The van der Waals surface area contributed by atoms with Crippen molar-refractivity contribution in [3.63, 3.8) is 0 Å². The number of ether oxygens (including phenoxy) is 3. The first kappa shape index (κ1) is 21.1. The Labute approximate surface area is 171 Å². The maximum atomic E-state index is 13.5. The molecule has 0 radical (unpaired) electrons. The zero-order chi connectivity index (χ0) is 20.6. The van der Waals surface area contributed by atoms with Crippen LogP contribution >= 0.6 is 11.8 Å². The smallest absolute Gasteiger partial charge is 0.276 e. The standard InChI is InChI=1S/C20H21FN2O5S/c1-25-16-7-14(8-17(9-16)26-2)19-22-23-20(28-19)29-12-15(24)11-27-10-13-5-3-4-6-18(13)21/h3-9,15,24H,10-12H2,1-2H3/t15-/m1/s1. The molecule has 0 aliphatic carbocycles. The van der Waals surface area contributed by atoms with Crippen LogP contribution in [0.4, 0.5) is 4.39 Å². The van der Waals surface area contributed by atoms with Crippen LogP contribution in [0.15, 0.2) is 52.1 Å². The molecule has 0 bridgehead atoms. The van der Waals surface area contributed by atoms with Crippen LogP contribution in [0.3, 0.4) is 0 Å². The summed E-state index contributed by atoms with van der Waals surface area (Å²) in [7, 11) is 3.12. The van der Waals surface area contributed by atoms with Crippen molar-refractivity contribution in [1.29, 1.82) is 0 Å². The second-order valence-electron chi connectivity index (χ2n) is 6.05. The Kier molecular flexibility index (Phi) is 7.45. The molecule has 1 heterocycles. The van der Waals surface area contributed by atoms with E-state index in [-0.39, 0.29) is 19.0 Å². The van der Waals surface area contributed by atoms with Crippen molar-refractivity contribution in [3.05, 3.63) is 53.8 Å². The molecule has 0 saturated heterocycles. The van der Waals surface area contributed by atoms with E-state index in [4.69, 9.17) is 18.6 Å². The monoisotopic (exact) mass is 420 g/mol. The molecule has 0 aliphatic rings. The molecule has 2 aromatic carbocycles. The van der Waals surface area contributed by atoms with Gasteiger partial charge in [0.05, 0.1) is 33.5 Å². The first-order chi connectivity index (χ1) is 14.1. The fourth-order valence-electron chi connectivity index (χ4n) is 2.45. The van der Waals surface area contributed by atoms with Gasteiger partial charge in [-0.15, -0.1) is 10.2 Å². The van der Waals surface area contributed by atoms with Gasteiger partial charge in [0, 0.05) is 22.9 Å². The Bertz CT molecular complexity index is 914. The summed E-state index contributed by atoms with van der Waals surface area (Å²) in [5.41, 5.74) is 1.11. The van der Waals surface area contributed by atoms with Crippen LogP contribution < -0.4 is 9.47 Å². The number of rotatable bonds is 10. The van der Waals surface area contributed by atoms with Crippen molar-refractivity contribution < 1.29 is 28.1 Å². The first-order valence-corrected chi connectivity index (χ1v) is 9.76. The van der Waals surface area contributed by atoms with Gasteiger partial charge in [0.2, 0.25) is 5.89 Å². The van der Waals surface area contributed by atoms with Gasteiger partial charge in [-0.25, -0.2) is 4.39 Å². The SMILES string of the molecule is COc1cc(OC)cc(-c2nnc(SC[C@H](O)COCc3ccccc3F)o2)c1. The molecule has 0 saturated carbocycles. The Morgan fingerprint density at radius 2 is 1.83 bits per heavy atom. The topological polar surface area (TPSA) is 86.8 Å². The third-order valence-electron chi connectivity index (χ3n) is 3.93. The summed E-state index contributed by atoms with van der Waals surface area (Å²) in [6, 6.07) is 11.6. The number of halogens is 1. The highest BCUT2D eigenvalue weighted by atomic mass is 32.2. The Morgan fingerprint density at radius 1 is 1.10 bits per heavy atom. The van der Waals surface area contributed by atoms with Crippen molar-refractivity contribution in [2.75, 3.05) is 26.6 Å². The number of aliphatic hydroxyl groups is 1. The second-order valence-corrected chi connectivity index (χ2v) is 7.02. The van der Waals surface area contributed by atoms with Crippen LogP contribution in [0.1, 0.15) is 5.56 Å². The minimum Gasteiger partial charge on any atom is -0.497 e. The molecular formula is C20H21FN2O5S. The molecule has 29 heavy (non-hydrogen) atoms. The molecule has 1 aromatic heterocycles. The van der Waals surface area contributed by atoms with Crippen molar-refractivity contribution in [1.82, 2.24) is 10.2 Å². The number of benzene rings is 2. The van der Waals surface area contributed by atoms with Crippen molar-refractivity contribution >= 4 is 11.8 Å². The van der Waals surface area contributed by atoms with E-state index in [0.717, 1.165) is 0 Å². The molecule has 0 aliphatic heterocycles. The van der Waals surface area contributed by atoms with E-state index < -0.39 is 6.10 Å². The van der Waals surface area contributed by atoms with Crippen molar-refractivity contribution in [3.8, 4) is 23.0 Å². The number of nitrogens with zero attached hydrogens (tertiary/aromatic N) is 2. The average molecular weight is 420 g/mol. The predicted octanol–water partition coefficient (Wildman–Crippen LogP) is 3.56. The number of hydrogen-bond acceptors (Lipinski definition) is 8. The lowest BCUT2D eigenvalue weighted by Gasteiger charge is -2.10. The van der Waals surface area contributed by atoms with Gasteiger partial charge in [0.1, 0.15) is 17.3 Å². The van der Waals surface area contributed by atoms with Crippen LogP contribution in [0.2, 0.25) is 0 Å². The molecule has 0 unspecified atom stereocenters. The molecule has 7 nitrogen and oxygen atoms in total. The number of thioether (sulfide) groups is 1. The molecule has 3 aromatic rings. The highest BCUT2D eigenvalue weighted by molar-refractivity contribution is 7.99. The van der Waals surface area contributed by atoms with Crippen LogP contribution in [0.25, 0.3) is 11.5 Å². The molecule has 154 valence electrons. The van der Waals surface area contributed by atoms with Gasteiger partial charge in [0.15, 0.2) is 0 Å². The second kappa shape index (κ2) is 10.2. The lowest BCUT2D eigenvalue weighted by atomic mass is 10.2. The van der Waals surface area contributed by atoms with Gasteiger partial charge in [-0.3, -0.25) is 0 Å². The van der Waals surface area contributed by atoms with E-state index in [9.17, 15) is 9.50 Å². The molecule has 0 fully saturated rings.